The predicted octanol–water partition coefficient (Wildman–Crippen LogP) is 0.871. The Bertz CT molecular complexity index is 385. The molecule has 0 bridgehead atoms. The van der Waals surface area contributed by atoms with Gasteiger partial charge in [-0.05, 0) is 32.4 Å². The maximum atomic E-state index is 4.53. The highest BCUT2D eigenvalue weighted by atomic mass is 15.1. The van der Waals surface area contributed by atoms with Crippen LogP contribution in [0.5, 0.6) is 0 Å². The first-order chi connectivity index (χ1) is 8.33. The Hall–Kier alpha value is -0.870. The van der Waals surface area contributed by atoms with Crippen LogP contribution in [0.15, 0.2) is 6.33 Å². The van der Waals surface area contributed by atoms with Crippen LogP contribution in [-0.2, 0) is 19.5 Å². The molecule has 2 aliphatic heterocycles. The van der Waals surface area contributed by atoms with Crippen LogP contribution in [0.3, 0.4) is 0 Å². The van der Waals surface area contributed by atoms with Crippen molar-refractivity contribution in [2.75, 3.05) is 26.7 Å². The molecular formula is C13H22N4. The summed E-state index contributed by atoms with van der Waals surface area (Å²) in [4.78, 5) is 6.99. The van der Waals surface area contributed by atoms with Gasteiger partial charge >= 0.3 is 0 Å². The molecule has 0 aliphatic carbocycles. The van der Waals surface area contributed by atoms with Crippen molar-refractivity contribution >= 4 is 0 Å². The van der Waals surface area contributed by atoms with Crippen molar-refractivity contribution in [2.45, 2.75) is 32.4 Å². The van der Waals surface area contributed by atoms with E-state index in [4.69, 9.17) is 0 Å². The van der Waals surface area contributed by atoms with E-state index in [1.807, 2.05) is 6.33 Å². The van der Waals surface area contributed by atoms with Crippen LogP contribution in [0.4, 0.5) is 0 Å². The monoisotopic (exact) mass is 234 g/mol. The summed E-state index contributed by atoms with van der Waals surface area (Å²) >= 11 is 0. The lowest BCUT2D eigenvalue weighted by Gasteiger charge is -2.30. The largest absolute Gasteiger partial charge is 0.334 e. The van der Waals surface area contributed by atoms with Gasteiger partial charge in [-0.2, -0.15) is 0 Å². The first-order valence-electron chi connectivity index (χ1n) is 6.75. The molecule has 1 N–H and O–H groups in total. The number of piperidine rings is 1. The molecule has 3 heterocycles. The minimum Gasteiger partial charge on any atom is -0.334 e. The van der Waals surface area contributed by atoms with Crippen molar-refractivity contribution in [3.8, 4) is 0 Å². The molecule has 1 atom stereocenters. The minimum absolute atomic E-state index is 0.807. The van der Waals surface area contributed by atoms with E-state index in [9.17, 15) is 0 Å². The van der Waals surface area contributed by atoms with E-state index in [1.165, 1.54) is 37.3 Å². The third-order valence-corrected chi connectivity index (χ3v) is 4.04. The Morgan fingerprint density at radius 1 is 1.53 bits per heavy atom. The van der Waals surface area contributed by atoms with Gasteiger partial charge in [0.15, 0.2) is 0 Å². The van der Waals surface area contributed by atoms with Crippen molar-refractivity contribution in [1.82, 2.24) is 19.8 Å². The van der Waals surface area contributed by atoms with Gasteiger partial charge < -0.3 is 14.8 Å². The highest BCUT2D eigenvalue weighted by molar-refractivity contribution is 5.16. The second-order valence-electron chi connectivity index (χ2n) is 5.49. The number of likely N-dealkylation sites (tertiary alicyclic amines) is 1. The van der Waals surface area contributed by atoms with Gasteiger partial charge in [0.1, 0.15) is 0 Å². The van der Waals surface area contributed by atoms with Crippen molar-refractivity contribution in [3.05, 3.63) is 17.7 Å². The Balaban J connectivity index is 1.70. The fraction of sp³-hybridized carbons (Fsp3) is 0.769. The lowest BCUT2D eigenvalue weighted by Crippen LogP contribution is -2.34. The van der Waals surface area contributed by atoms with Crippen LogP contribution in [0, 0.1) is 5.92 Å². The number of nitrogens with zero attached hydrogens (tertiary/aromatic N) is 3. The normalized spacial score (nSPS) is 25.8. The van der Waals surface area contributed by atoms with Gasteiger partial charge in [0.05, 0.1) is 12.0 Å². The summed E-state index contributed by atoms with van der Waals surface area (Å²) in [5.41, 5.74) is 2.73. The lowest BCUT2D eigenvalue weighted by atomic mass is 9.98. The van der Waals surface area contributed by atoms with Gasteiger partial charge in [0, 0.05) is 38.3 Å². The van der Waals surface area contributed by atoms with E-state index in [-0.39, 0.29) is 0 Å². The van der Waals surface area contributed by atoms with E-state index in [1.54, 1.807) is 0 Å². The second kappa shape index (κ2) is 4.78. The van der Waals surface area contributed by atoms with E-state index in [0.29, 0.717) is 0 Å². The highest BCUT2D eigenvalue weighted by Gasteiger charge is 2.20. The predicted molar refractivity (Wildman–Crippen MR) is 67.9 cm³/mol. The van der Waals surface area contributed by atoms with Crippen molar-refractivity contribution in [2.24, 2.45) is 5.92 Å². The molecule has 1 fully saturated rings. The van der Waals surface area contributed by atoms with Crippen LogP contribution in [0.25, 0.3) is 0 Å². The molecule has 3 rings (SSSR count). The summed E-state index contributed by atoms with van der Waals surface area (Å²) in [6.45, 7) is 5.72. The topological polar surface area (TPSA) is 33.1 Å². The molecule has 0 spiro atoms. The maximum Gasteiger partial charge on any atom is 0.0952 e. The smallest absolute Gasteiger partial charge is 0.0952 e. The quantitative estimate of drug-likeness (QED) is 0.824. The standard InChI is InChI=1S/C13H22N4/c1-16-6-2-3-11(8-16)9-17-10-15-12-7-14-5-4-13(12)17/h10-11,14H,2-9H2,1H3. The van der Waals surface area contributed by atoms with Crippen LogP contribution in [0.2, 0.25) is 0 Å². The Kier molecular flexibility index (Phi) is 3.16. The number of imidazole rings is 1. The minimum atomic E-state index is 0.807. The number of rotatable bonds is 2. The number of hydrogen-bond acceptors (Lipinski definition) is 3. The average Bonchev–Trinajstić information content (AvgIpc) is 2.73. The van der Waals surface area contributed by atoms with Gasteiger partial charge in [-0.25, -0.2) is 4.98 Å². The van der Waals surface area contributed by atoms with E-state index in [2.05, 4.69) is 26.8 Å². The molecule has 94 valence electrons. The van der Waals surface area contributed by atoms with Crippen LogP contribution in [0.1, 0.15) is 24.2 Å². The average molecular weight is 234 g/mol. The summed E-state index contributed by atoms with van der Waals surface area (Å²) in [5, 5.41) is 3.38. The molecule has 0 radical (unpaired) electrons. The Morgan fingerprint density at radius 3 is 3.35 bits per heavy atom. The van der Waals surface area contributed by atoms with Gasteiger partial charge in [0.2, 0.25) is 0 Å². The van der Waals surface area contributed by atoms with E-state index < -0.39 is 0 Å². The third-order valence-electron chi connectivity index (χ3n) is 4.04. The fourth-order valence-corrected chi connectivity index (χ4v) is 3.16. The SMILES string of the molecule is CN1CCCC(Cn2cnc3c2CCNC3)C1. The highest BCUT2D eigenvalue weighted by Crippen LogP contribution is 2.20. The summed E-state index contributed by atoms with van der Waals surface area (Å²) in [7, 11) is 2.24. The van der Waals surface area contributed by atoms with Crippen LogP contribution in [-0.4, -0.2) is 41.1 Å². The summed E-state index contributed by atoms with van der Waals surface area (Å²) in [5.74, 6) is 0.807. The fourth-order valence-electron chi connectivity index (χ4n) is 3.16. The Labute approximate surface area is 103 Å². The molecular weight excluding hydrogens is 212 g/mol. The molecule has 17 heavy (non-hydrogen) atoms. The summed E-state index contributed by atoms with van der Waals surface area (Å²) in [6.07, 6.45) is 5.90. The summed E-state index contributed by atoms with van der Waals surface area (Å²) in [6, 6.07) is 0. The van der Waals surface area contributed by atoms with Crippen molar-refractivity contribution in [1.29, 1.82) is 0 Å². The van der Waals surface area contributed by atoms with Crippen LogP contribution >= 0.6 is 0 Å². The zero-order chi connectivity index (χ0) is 11.7. The molecule has 0 aromatic carbocycles. The number of aromatic nitrogens is 2. The van der Waals surface area contributed by atoms with Crippen LogP contribution < -0.4 is 5.32 Å². The molecule has 0 amide bonds. The van der Waals surface area contributed by atoms with Gasteiger partial charge in [-0.15, -0.1) is 0 Å². The summed E-state index contributed by atoms with van der Waals surface area (Å²) < 4.78 is 2.40. The molecule has 4 nitrogen and oxygen atoms in total. The zero-order valence-electron chi connectivity index (χ0n) is 10.7. The lowest BCUT2D eigenvalue weighted by molar-refractivity contribution is 0.193. The van der Waals surface area contributed by atoms with Crippen molar-refractivity contribution < 1.29 is 0 Å². The first-order valence-corrected chi connectivity index (χ1v) is 6.75. The molecule has 4 heteroatoms. The van der Waals surface area contributed by atoms with Gasteiger partial charge in [-0.1, -0.05) is 0 Å². The number of hydrogen-bond donors (Lipinski definition) is 1. The molecule has 1 unspecified atom stereocenters. The molecule has 1 aromatic rings. The third kappa shape index (κ3) is 2.38. The van der Waals surface area contributed by atoms with E-state index >= 15 is 0 Å². The second-order valence-corrected chi connectivity index (χ2v) is 5.49. The Morgan fingerprint density at radius 2 is 2.47 bits per heavy atom. The molecule has 1 saturated heterocycles. The molecule has 1 aromatic heterocycles. The molecule has 0 saturated carbocycles. The number of fused-ring (bicyclic) bond motifs is 1. The van der Waals surface area contributed by atoms with Gasteiger partial charge in [-0.3, -0.25) is 0 Å². The maximum absolute atomic E-state index is 4.53. The molecule has 2 aliphatic rings. The van der Waals surface area contributed by atoms with E-state index in [0.717, 1.165) is 32.0 Å². The first kappa shape index (κ1) is 11.2. The van der Waals surface area contributed by atoms with Crippen molar-refractivity contribution in [3.63, 3.8) is 0 Å². The van der Waals surface area contributed by atoms with Gasteiger partial charge in [0.25, 0.3) is 0 Å². The number of nitrogens with one attached hydrogen (secondary N) is 1. The zero-order valence-corrected chi connectivity index (χ0v) is 10.7.